The molecule has 2 aromatic heterocycles. The van der Waals surface area contributed by atoms with E-state index in [9.17, 15) is 9.50 Å². The van der Waals surface area contributed by atoms with Gasteiger partial charge in [0.2, 0.25) is 0 Å². The molecule has 3 heterocycles. The molecule has 0 unspecified atom stereocenters. The van der Waals surface area contributed by atoms with Crippen LogP contribution in [0, 0.1) is 5.82 Å². The molecule has 7 nitrogen and oxygen atoms in total. The van der Waals surface area contributed by atoms with Crippen LogP contribution in [0.2, 0.25) is 0 Å². The van der Waals surface area contributed by atoms with E-state index < -0.39 is 6.10 Å². The van der Waals surface area contributed by atoms with Crippen molar-refractivity contribution in [2.45, 2.75) is 31.5 Å². The lowest BCUT2D eigenvalue weighted by molar-refractivity contribution is 0.0948. The standard InChI is InChI=1S/C25H28FN5O2/c1-33-17-5-6-21-19(13-17)18(7-10-27-21)23(32)15-31-11-8-16(9-12-31)28-14-24-29-22-4-2-3-20(26)25(22)30-24/h2-7,10,13,16,23,28,32H,8-9,11-12,14-15H2,1H3,(H,29,30)/t23-/m0/s1. The van der Waals surface area contributed by atoms with Crippen molar-refractivity contribution in [2.24, 2.45) is 0 Å². The van der Waals surface area contributed by atoms with Gasteiger partial charge in [0, 0.05) is 24.2 Å². The Labute approximate surface area is 191 Å². The lowest BCUT2D eigenvalue weighted by atomic mass is 10.0. The monoisotopic (exact) mass is 449 g/mol. The molecule has 1 saturated heterocycles. The molecule has 1 aliphatic heterocycles. The predicted molar refractivity (Wildman–Crippen MR) is 126 cm³/mol. The number of aromatic amines is 1. The van der Waals surface area contributed by atoms with Crippen LogP contribution < -0.4 is 10.1 Å². The normalized spacial score (nSPS) is 16.5. The Morgan fingerprint density at radius 1 is 1.24 bits per heavy atom. The number of hydrogen-bond donors (Lipinski definition) is 3. The number of H-pyrrole nitrogens is 1. The van der Waals surface area contributed by atoms with Gasteiger partial charge in [-0.3, -0.25) is 4.98 Å². The van der Waals surface area contributed by atoms with Gasteiger partial charge in [-0.1, -0.05) is 6.07 Å². The summed E-state index contributed by atoms with van der Waals surface area (Å²) in [5.41, 5.74) is 2.83. The highest BCUT2D eigenvalue weighted by atomic mass is 19.1. The summed E-state index contributed by atoms with van der Waals surface area (Å²) in [4.78, 5) is 14.3. The predicted octanol–water partition coefficient (Wildman–Crippen LogP) is 3.55. The highest BCUT2D eigenvalue weighted by Crippen LogP contribution is 2.28. The van der Waals surface area contributed by atoms with Crippen LogP contribution in [-0.2, 0) is 6.54 Å². The lowest BCUT2D eigenvalue weighted by Gasteiger charge is -2.33. The number of hydrogen-bond acceptors (Lipinski definition) is 6. The van der Waals surface area contributed by atoms with Crippen LogP contribution in [0.25, 0.3) is 21.9 Å². The zero-order chi connectivity index (χ0) is 22.8. The second-order valence-electron chi connectivity index (χ2n) is 8.57. The molecule has 33 heavy (non-hydrogen) atoms. The minimum absolute atomic E-state index is 0.303. The Morgan fingerprint density at radius 3 is 2.88 bits per heavy atom. The van der Waals surface area contributed by atoms with Crippen molar-refractivity contribution < 1.29 is 14.2 Å². The second-order valence-corrected chi connectivity index (χ2v) is 8.57. The number of aromatic nitrogens is 3. The van der Waals surface area contributed by atoms with Crippen molar-refractivity contribution >= 4 is 21.9 Å². The first-order chi connectivity index (χ1) is 16.1. The molecule has 0 bridgehead atoms. The first-order valence-corrected chi connectivity index (χ1v) is 11.3. The van der Waals surface area contributed by atoms with Gasteiger partial charge >= 0.3 is 0 Å². The molecule has 4 aromatic rings. The third-order valence-corrected chi connectivity index (χ3v) is 6.43. The number of β-amino-alcohol motifs (C(OH)–C–C–N with tert-alkyl or cyclic N) is 1. The average Bonchev–Trinajstić information content (AvgIpc) is 3.27. The molecular formula is C25H28FN5O2. The SMILES string of the molecule is COc1ccc2nccc([C@@H](O)CN3CCC(NCc4nc5c(F)cccc5[nH]4)CC3)c2c1. The summed E-state index contributed by atoms with van der Waals surface area (Å²) in [6.45, 7) is 2.95. The van der Waals surface area contributed by atoms with E-state index in [0.29, 0.717) is 24.6 Å². The fraction of sp³-hybridized carbons (Fsp3) is 0.360. The van der Waals surface area contributed by atoms with Crippen LogP contribution in [0.4, 0.5) is 4.39 Å². The quantitative estimate of drug-likeness (QED) is 0.400. The molecule has 2 aromatic carbocycles. The number of rotatable bonds is 7. The fourth-order valence-electron chi connectivity index (χ4n) is 4.60. The van der Waals surface area contributed by atoms with E-state index >= 15 is 0 Å². The number of methoxy groups -OCH3 is 1. The summed E-state index contributed by atoms with van der Waals surface area (Å²) >= 11 is 0. The van der Waals surface area contributed by atoms with Crippen molar-refractivity contribution in [1.29, 1.82) is 0 Å². The zero-order valence-electron chi connectivity index (χ0n) is 18.6. The van der Waals surface area contributed by atoms with Crippen LogP contribution >= 0.6 is 0 Å². The zero-order valence-corrected chi connectivity index (χ0v) is 18.6. The Balaban J connectivity index is 1.16. The number of aliphatic hydroxyl groups is 1. The maximum absolute atomic E-state index is 13.8. The van der Waals surface area contributed by atoms with Gasteiger partial charge in [0.05, 0.1) is 30.8 Å². The van der Waals surface area contributed by atoms with Crippen LogP contribution in [0.1, 0.15) is 30.3 Å². The number of ether oxygens (including phenoxy) is 1. The van der Waals surface area contributed by atoms with Gasteiger partial charge < -0.3 is 25.0 Å². The van der Waals surface area contributed by atoms with E-state index in [1.54, 1.807) is 19.4 Å². The number of para-hydroxylation sites is 1. The summed E-state index contributed by atoms with van der Waals surface area (Å²) in [6, 6.07) is 12.9. The van der Waals surface area contributed by atoms with E-state index in [1.807, 2.05) is 30.3 Å². The minimum Gasteiger partial charge on any atom is -0.497 e. The number of pyridine rings is 1. The number of imidazole rings is 1. The molecule has 0 aliphatic carbocycles. The Hall–Kier alpha value is -3.07. The summed E-state index contributed by atoms with van der Waals surface area (Å²) in [5, 5.41) is 15.4. The largest absolute Gasteiger partial charge is 0.497 e. The number of benzene rings is 2. The molecule has 172 valence electrons. The van der Waals surface area contributed by atoms with Gasteiger partial charge in [-0.25, -0.2) is 9.37 Å². The van der Waals surface area contributed by atoms with Crippen molar-refractivity contribution in [2.75, 3.05) is 26.7 Å². The van der Waals surface area contributed by atoms with Gasteiger partial charge in [0.1, 0.15) is 17.1 Å². The summed E-state index contributed by atoms with van der Waals surface area (Å²) in [6.07, 6.45) is 3.10. The maximum Gasteiger partial charge on any atom is 0.151 e. The third-order valence-electron chi connectivity index (χ3n) is 6.43. The number of fused-ring (bicyclic) bond motifs is 2. The smallest absolute Gasteiger partial charge is 0.151 e. The van der Waals surface area contributed by atoms with Crippen molar-refractivity contribution in [3.63, 3.8) is 0 Å². The minimum atomic E-state index is -0.599. The van der Waals surface area contributed by atoms with Gasteiger partial charge in [0.25, 0.3) is 0 Å². The Kier molecular flexibility index (Phi) is 6.22. The number of piperidine rings is 1. The molecule has 0 saturated carbocycles. The first kappa shape index (κ1) is 21.8. The Morgan fingerprint density at radius 2 is 2.09 bits per heavy atom. The van der Waals surface area contributed by atoms with Crippen molar-refractivity contribution in [3.05, 3.63) is 65.9 Å². The molecule has 8 heteroatoms. The van der Waals surface area contributed by atoms with E-state index in [0.717, 1.165) is 59.5 Å². The van der Waals surface area contributed by atoms with Crippen molar-refractivity contribution in [1.82, 2.24) is 25.2 Å². The van der Waals surface area contributed by atoms with Gasteiger partial charge in [0.15, 0.2) is 5.82 Å². The highest BCUT2D eigenvalue weighted by Gasteiger charge is 2.22. The van der Waals surface area contributed by atoms with E-state index in [-0.39, 0.29) is 5.82 Å². The number of nitrogens with one attached hydrogen (secondary N) is 2. The molecule has 0 amide bonds. The third kappa shape index (κ3) is 4.68. The maximum atomic E-state index is 13.8. The van der Waals surface area contributed by atoms with Gasteiger partial charge in [-0.05, 0) is 67.9 Å². The van der Waals surface area contributed by atoms with E-state index in [1.165, 1.54) is 6.07 Å². The van der Waals surface area contributed by atoms with Crippen LogP contribution in [0.15, 0.2) is 48.7 Å². The summed E-state index contributed by atoms with van der Waals surface area (Å²) < 4.78 is 19.2. The van der Waals surface area contributed by atoms with Crippen LogP contribution in [0.5, 0.6) is 5.75 Å². The van der Waals surface area contributed by atoms with Crippen molar-refractivity contribution in [3.8, 4) is 5.75 Å². The van der Waals surface area contributed by atoms with Crippen LogP contribution in [0.3, 0.4) is 0 Å². The summed E-state index contributed by atoms with van der Waals surface area (Å²) in [7, 11) is 1.64. The molecule has 1 fully saturated rings. The molecule has 1 aliphatic rings. The molecule has 0 radical (unpaired) electrons. The van der Waals surface area contributed by atoms with Crippen LogP contribution in [-0.4, -0.2) is 57.7 Å². The lowest BCUT2D eigenvalue weighted by Crippen LogP contribution is -2.43. The van der Waals surface area contributed by atoms with Gasteiger partial charge in [-0.2, -0.15) is 0 Å². The number of nitrogens with zero attached hydrogens (tertiary/aromatic N) is 3. The Bertz CT molecular complexity index is 1250. The first-order valence-electron chi connectivity index (χ1n) is 11.3. The number of aliphatic hydroxyl groups excluding tert-OH is 1. The molecule has 0 spiro atoms. The fourth-order valence-corrected chi connectivity index (χ4v) is 4.60. The average molecular weight is 450 g/mol. The molecular weight excluding hydrogens is 421 g/mol. The van der Waals surface area contributed by atoms with Gasteiger partial charge in [-0.15, -0.1) is 0 Å². The molecule has 1 atom stereocenters. The summed E-state index contributed by atoms with van der Waals surface area (Å²) in [5.74, 6) is 1.19. The highest BCUT2D eigenvalue weighted by molar-refractivity contribution is 5.83. The number of halogens is 1. The van der Waals surface area contributed by atoms with E-state index in [4.69, 9.17) is 4.74 Å². The number of likely N-dealkylation sites (tertiary alicyclic amines) is 1. The molecule has 3 N–H and O–H groups in total. The van der Waals surface area contributed by atoms with E-state index in [2.05, 4.69) is 25.2 Å². The second kappa shape index (κ2) is 9.43. The molecule has 5 rings (SSSR count). The topological polar surface area (TPSA) is 86.3 Å².